The molecular weight excluding hydrogens is 508 g/mol. The van der Waals surface area contributed by atoms with Gasteiger partial charge in [0.05, 0.1) is 0 Å². The van der Waals surface area contributed by atoms with E-state index in [1.807, 2.05) is 0 Å². The zero-order valence-corrected chi connectivity index (χ0v) is 23.4. The van der Waals surface area contributed by atoms with Crippen molar-refractivity contribution in [2.24, 2.45) is 0 Å². The summed E-state index contributed by atoms with van der Waals surface area (Å²) in [6.45, 7) is 4.79. The topological polar surface area (TPSA) is 144 Å². The monoisotopic (exact) mass is 550 g/mol. The summed E-state index contributed by atoms with van der Waals surface area (Å²) < 4.78 is 0. The molecule has 2 aromatic rings. The van der Waals surface area contributed by atoms with Crippen molar-refractivity contribution in [2.45, 2.75) is 89.1 Å². The van der Waals surface area contributed by atoms with E-state index in [-0.39, 0.29) is 12.6 Å². The van der Waals surface area contributed by atoms with Gasteiger partial charge >= 0.3 is 12.0 Å². The molecule has 2 aliphatic heterocycles. The van der Waals surface area contributed by atoms with E-state index in [2.05, 4.69) is 55.2 Å². The third-order valence-electron chi connectivity index (χ3n) is 8.42. The summed E-state index contributed by atoms with van der Waals surface area (Å²) in [6.07, 6.45) is 11.7. The Morgan fingerprint density at radius 1 is 1.10 bits per heavy atom. The van der Waals surface area contributed by atoms with Crippen molar-refractivity contribution >= 4 is 29.5 Å². The van der Waals surface area contributed by atoms with Crippen molar-refractivity contribution in [1.82, 2.24) is 25.6 Å². The lowest BCUT2D eigenvalue weighted by atomic mass is 9.92. The zero-order chi connectivity index (χ0) is 27.9. The number of carbonyl (C=O) groups excluding carboxylic acids is 1. The third kappa shape index (κ3) is 6.74. The first-order chi connectivity index (χ1) is 19.5. The molecular formula is C29H42N8O3. The molecule has 40 heavy (non-hydrogen) atoms. The van der Waals surface area contributed by atoms with Gasteiger partial charge in [-0.15, -0.1) is 0 Å². The van der Waals surface area contributed by atoms with Gasteiger partial charge in [0.15, 0.2) is 0 Å². The summed E-state index contributed by atoms with van der Waals surface area (Å²) in [5.74, 6) is 1.86. The number of carboxylic acid groups (broad SMARTS) is 1. The number of carboxylic acids is 1. The van der Waals surface area contributed by atoms with E-state index < -0.39 is 18.0 Å². The summed E-state index contributed by atoms with van der Waals surface area (Å²) in [7, 11) is 0. The quantitative estimate of drug-likeness (QED) is 0.316. The summed E-state index contributed by atoms with van der Waals surface area (Å²) in [6, 6.07) is 3.01. The maximum absolute atomic E-state index is 12.5. The van der Waals surface area contributed by atoms with Gasteiger partial charge in [0.25, 0.3) is 0 Å². The van der Waals surface area contributed by atoms with Crippen LogP contribution < -0.4 is 26.2 Å². The van der Waals surface area contributed by atoms with Crippen LogP contribution in [-0.2, 0) is 17.6 Å². The number of nitrogens with one attached hydrogen (secondary N) is 4. The zero-order valence-electron chi connectivity index (χ0n) is 23.4. The number of aliphatic carboxylic acids is 1. The van der Waals surface area contributed by atoms with E-state index >= 15 is 0 Å². The Morgan fingerprint density at radius 2 is 1.90 bits per heavy atom. The fourth-order valence-electron chi connectivity index (χ4n) is 6.14. The minimum absolute atomic E-state index is 0.0248. The van der Waals surface area contributed by atoms with Gasteiger partial charge in [0.1, 0.15) is 29.8 Å². The SMILES string of the molecule is CCc1c(NCC(NC(=O)NC2CCCCC2)C(=O)O)ncnc1N1CCC(c2ccc3c(n2)NCCC3)CC1. The highest BCUT2D eigenvalue weighted by molar-refractivity contribution is 5.83. The minimum Gasteiger partial charge on any atom is -0.480 e. The average molecular weight is 551 g/mol. The highest BCUT2D eigenvalue weighted by atomic mass is 16.4. The number of carbonyl (C=O) groups is 2. The van der Waals surface area contributed by atoms with Crippen molar-refractivity contribution < 1.29 is 14.7 Å². The number of anilines is 3. The highest BCUT2D eigenvalue weighted by Gasteiger charge is 2.27. The van der Waals surface area contributed by atoms with Crippen LogP contribution in [0.15, 0.2) is 18.5 Å². The van der Waals surface area contributed by atoms with Crippen LogP contribution >= 0.6 is 0 Å². The van der Waals surface area contributed by atoms with Gasteiger partial charge in [-0.05, 0) is 56.6 Å². The fourth-order valence-corrected chi connectivity index (χ4v) is 6.14. The molecule has 5 N–H and O–H groups in total. The van der Waals surface area contributed by atoms with Crippen molar-refractivity contribution in [1.29, 1.82) is 0 Å². The van der Waals surface area contributed by atoms with Crippen LogP contribution in [0.2, 0.25) is 0 Å². The molecule has 11 nitrogen and oxygen atoms in total. The number of pyridine rings is 1. The molecule has 4 heterocycles. The molecule has 0 aromatic carbocycles. The molecule has 11 heteroatoms. The number of hydrogen-bond donors (Lipinski definition) is 5. The second-order valence-corrected chi connectivity index (χ2v) is 11.1. The first-order valence-electron chi connectivity index (χ1n) is 14.9. The second kappa shape index (κ2) is 13.1. The lowest BCUT2D eigenvalue weighted by molar-refractivity contribution is -0.138. The maximum atomic E-state index is 12.5. The number of aryl methyl sites for hydroxylation is 1. The smallest absolute Gasteiger partial charge is 0.328 e. The molecule has 0 radical (unpaired) electrons. The average Bonchev–Trinajstić information content (AvgIpc) is 2.99. The molecule has 1 aliphatic carbocycles. The van der Waals surface area contributed by atoms with Crippen LogP contribution in [0.5, 0.6) is 0 Å². The minimum atomic E-state index is -1.09. The molecule has 216 valence electrons. The lowest BCUT2D eigenvalue weighted by Gasteiger charge is -2.34. The number of urea groups is 1. The van der Waals surface area contributed by atoms with Gasteiger partial charge in [0, 0.05) is 49.4 Å². The summed E-state index contributed by atoms with van der Waals surface area (Å²) in [5, 5.41) is 21.9. The van der Waals surface area contributed by atoms with Crippen molar-refractivity contribution in [2.75, 3.05) is 41.7 Å². The molecule has 3 aliphatic rings. The number of nitrogens with zero attached hydrogens (tertiary/aromatic N) is 4. The first-order valence-corrected chi connectivity index (χ1v) is 14.9. The third-order valence-corrected chi connectivity index (χ3v) is 8.42. The van der Waals surface area contributed by atoms with E-state index in [9.17, 15) is 14.7 Å². The van der Waals surface area contributed by atoms with Crippen molar-refractivity contribution in [3.05, 3.63) is 35.3 Å². The molecule has 2 aromatic heterocycles. The maximum Gasteiger partial charge on any atom is 0.328 e. The lowest BCUT2D eigenvalue weighted by Crippen LogP contribution is -2.51. The van der Waals surface area contributed by atoms with Crippen LogP contribution in [0.4, 0.5) is 22.2 Å². The number of piperidine rings is 1. The number of rotatable bonds is 9. The Balaban J connectivity index is 1.19. The second-order valence-electron chi connectivity index (χ2n) is 11.1. The van der Waals surface area contributed by atoms with E-state index in [0.29, 0.717) is 18.2 Å². The molecule has 1 atom stereocenters. The highest BCUT2D eigenvalue weighted by Crippen LogP contribution is 2.33. The fraction of sp³-hybridized carbons (Fsp3) is 0.621. The van der Waals surface area contributed by atoms with Gasteiger partial charge in [0.2, 0.25) is 0 Å². The Morgan fingerprint density at radius 3 is 2.65 bits per heavy atom. The molecule has 2 amide bonds. The Labute approximate surface area is 236 Å². The van der Waals surface area contributed by atoms with Crippen molar-refractivity contribution in [3.8, 4) is 0 Å². The van der Waals surface area contributed by atoms with Gasteiger partial charge < -0.3 is 31.3 Å². The standard InChI is InChI=1S/C29H42N8O3/c1-2-22-26(31-17-24(28(38)39)36-29(40)34-21-8-4-3-5-9-21)32-18-33-27(22)37-15-12-19(13-16-37)23-11-10-20-7-6-14-30-25(20)35-23/h10-11,18-19,21,24H,2-9,12-17H2,1H3,(H,30,35)(H,38,39)(H,31,32,33)(H2,34,36,40). The molecule has 2 fully saturated rings. The van der Waals surface area contributed by atoms with Crippen LogP contribution in [-0.4, -0.2) is 70.3 Å². The molecule has 1 unspecified atom stereocenters. The van der Waals surface area contributed by atoms with Gasteiger partial charge in [-0.25, -0.2) is 24.5 Å². The van der Waals surface area contributed by atoms with Crippen LogP contribution in [0.1, 0.15) is 81.0 Å². The molecule has 0 bridgehead atoms. The molecule has 1 saturated heterocycles. The number of hydrogen-bond acceptors (Lipinski definition) is 8. The summed E-state index contributed by atoms with van der Waals surface area (Å²) >= 11 is 0. The van der Waals surface area contributed by atoms with E-state index in [0.717, 1.165) is 93.9 Å². The molecule has 5 rings (SSSR count). The van der Waals surface area contributed by atoms with E-state index in [1.54, 1.807) is 0 Å². The predicted molar refractivity (Wildman–Crippen MR) is 155 cm³/mol. The Hall–Kier alpha value is -3.63. The van der Waals surface area contributed by atoms with Gasteiger partial charge in [-0.2, -0.15) is 0 Å². The number of amides is 2. The summed E-state index contributed by atoms with van der Waals surface area (Å²) in [5.41, 5.74) is 3.42. The van der Waals surface area contributed by atoms with Crippen molar-refractivity contribution in [3.63, 3.8) is 0 Å². The van der Waals surface area contributed by atoms with Crippen LogP contribution in [0.25, 0.3) is 0 Å². The predicted octanol–water partition coefficient (Wildman–Crippen LogP) is 3.67. The first kappa shape index (κ1) is 27.9. The van der Waals surface area contributed by atoms with Gasteiger partial charge in [-0.3, -0.25) is 0 Å². The van der Waals surface area contributed by atoms with Crippen LogP contribution in [0.3, 0.4) is 0 Å². The molecule has 0 spiro atoms. The van der Waals surface area contributed by atoms with Crippen LogP contribution in [0, 0.1) is 0 Å². The summed E-state index contributed by atoms with van der Waals surface area (Å²) in [4.78, 5) is 40.7. The number of fused-ring (bicyclic) bond motifs is 1. The Kier molecular flexibility index (Phi) is 9.18. The largest absolute Gasteiger partial charge is 0.480 e. The normalized spacial score (nSPS) is 18.8. The van der Waals surface area contributed by atoms with E-state index in [1.165, 1.54) is 18.3 Å². The Bertz CT molecular complexity index is 1180. The van der Waals surface area contributed by atoms with Gasteiger partial charge in [-0.1, -0.05) is 32.3 Å². The number of aromatic nitrogens is 3. The molecule has 1 saturated carbocycles. The van der Waals surface area contributed by atoms with E-state index in [4.69, 9.17) is 4.98 Å².